The molecule has 0 fully saturated rings. The summed E-state index contributed by atoms with van der Waals surface area (Å²) < 4.78 is 61.4. The molecular formula is C11H13NO3. The minimum Gasteiger partial charge on any atom is -0.480 e. The number of hydrogen-bond donors (Lipinski definition) is 2. The van der Waals surface area contributed by atoms with Crippen molar-refractivity contribution in [2.75, 3.05) is 0 Å². The van der Waals surface area contributed by atoms with Crippen molar-refractivity contribution in [2.24, 2.45) is 0 Å². The lowest BCUT2D eigenvalue weighted by molar-refractivity contribution is -0.141. The summed E-state index contributed by atoms with van der Waals surface area (Å²) in [6.07, 6.45) is -3.31. The molecule has 0 saturated heterocycles. The zero-order valence-corrected chi connectivity index (χ0v) is 7.76. The Bertz CT molecular complexity index is 663. The molecule has 1 aromatic carbocycles. The molecule has 15 heavy (non-hydrogen) atoms. The number of rotatable bonds is 4. The van der Waals surface area contributed by atoms with Crippen LogP contribution in [0.25, 0.3) is 0 Å². The molecule has 1 rings (SSSR count). The van der Waals surface area contributed by atoms with Crippen molar-refractivity contribution in [1.29, 1.82) is 0 Å². The normalized spacial score (nSPS) is 22.5. The van der Waals surface area contributed by atoms with E-state index in [0.29, 0.717) is 0 Å². The first-order valence-electron chi connectivity index (χ1n) is 7.88. The molecule has 0 saturated carbocycles. The maximum Gasteiger partial charge on any atom is 0.326 e. The van der Waals surface area contributed by atoms with Crippen LogP contribution < -0.4 is 5.32 Å². The number of aliphatic carboxylic acids is 1. The van der Waals surface area contributed by atoms with Gasteiger partial charge in [-0.15, -0.1) is 0 Å². The lowest BCUT2D eigenvalue weighted by Crippen LogP contribution is -2.41. The Morgan fingerprint density at radius 3 is 2.67 bits per heavy atom. The van der Waals surface area contributed by atoms with Gasteiger partial charge in [0.2, 0.25) is 5.91 Å². The van der Waals surface area contributed by atoms with Crippen LogP contribution in [0.3, 0.4) is 0 Å². The maximum atomic E-state index is 11.3. The van der Waals surface area contributed by atoms with E-state index in [1.807, 2.05) is 0 Å². The van der Waals surface area contributed by atoms with E-state index in [1.54, 1.807) is 5.32 Å². The van der Waals surface area contributed by atoms with E-state index >= 15 is 0 Å². The molecule has 0 spiro atoms. The van der Waals surface area contributed by atoms with Crippen LogP contribution in [-0.2, 0) is 16.0 Å². The van der Waals surface area contributed by atoms with Crippen molar-refractivity contribution in [3.8, 4) is 0 Å². The van der Waals surface area contributed by atoms with E-state index in [0.717, 1.165) is 6.92 Å². The Kier molecular flexibility index (Phi) is 1.49. The lowest BCUT2D eigenvalue weighted by Gasteiger charge is -2.12. The first-order chi connectivity index (χ1) is 10.3. The Balaban J connectivity index is 3.79. The molecule has 1 unspecified atom stereocenters. The van der Waals surface area contributed by atoms with Gasteiger partial charge in [0.05, 0.1) is 8.22 Å². The standard InChI is InChI=1S/C11H13NO3/c1-8(13)12-10(11(14)15)7-9-5-3-2-4-6-9/h2-6,10H,7H2,1H3,(H,12,13)(H,14,15)/i2D,3D,4D,5D,6D,7D2,10D. The van der Waals surface area contributed by atoms with Crippen molar-refractivity contribution >= 4 is 11.9 Å². The number of carboxylic acids is 1. The van der Waals surface area contributed by atoms with Gasteiger partial charge in [0.25, 0.3) is 0 Å². The third-order valence-corrected chi connectivity index (χ3v) is 1.26. The fraction of sp³-hybridized carbons (Fsp3) is 0.273. The van der Waals surface area contributed by atoms with E-state index in [2.05, 4.69) is 0 Å². The molecule has 80 valence electrons. The van der Waals surface area contributed by atoms with Gasteiger partial charge in [0.15, 0.2) is 0 Å². The van der Waals surface area contributed by atoms with Gasteiger partial charge in [-0.1, -0.05) is 30.2 Å². The van der Waals surface area contributed by atoms with E-state index in [4.69, 9.17) is 16.1 Å². The predicted molar refractivity (Wildman–Crippen MR) is 55.4 cm³/mol. The SMILES string of the molecule is [2H]c1c([2H])c([2H])c(C([2H])([2H])C([2H])(NC(C)=O)C(=O)O)c([2H])c1[2H]. The van der Waals surface area contributed by atoms with Gasteiger partial charge >= 0.3 is 5.97 Å². The molecule has 2 N–H and O–H groups in total. The smallest absolute Gasteiger partial charge is 0.326 e. The fourth-order valence-electron chi connectivity index (χ4n) is 0.752. The van der Waals surface area contributed by atoms with Gasteiger partial charge < -0.3 is 10.4 Å². The van der Waals surface area contributed by atoms with Crippen LogP contribution in [0.5, 0.6) is 0 Å². The molecular weight excluding hydrogens is 194 g/mol. The van der Waals surface area contributed by atoms with Crippen molar-refractivity contribution in [2.45, 2.75) is 19.3 Å². The van der Waals surface area contributed by atoms with Gasteiger partial charge in [-0.3, -0.25) is 4.79 Å². The summed E-state index contributed by atoms with van der Waals surface area (Å²) in [6.45, 7) is 0.865. The van der Waals surface area contributed by atoms with Crippen LogP contribution in [0.4, 0.5) is 0 Å². The van der Waals surface area contributed by atoms with Crippen LogP contribution in [0.2, 0.25) is 0 Å². The van der Waals surface area contributed by atoms with Gasteiger partial charge in [0, 0.05) is 16.0 Å². The summed E-state index contributed by atoms with van der Waals surface area (Å²) in [6, 6.07) is -7.79. The van der Waals surface area contributed by atoms with Gasteiger partial charge in [-0.05, 0) is 5.56 Å². The van der Waals surface area contributed by atoms with Crippen molar-refractivity contribution in [3.05, 3.63) is 35.8 Å². The van der Waals surface area contributed by atoms with Crippen LogP contribution in [0, 0.1) is 0 Å². The molecule has 1 aromatic rings. The average molecular weight is 215 g/mol. The molecule has 0 aliphatic rings. The molecule has 0 bridgehead atoms. The van der Waals surface area contributed by atoms with Gasteiger partial charge in [-0.25, -0.2) is 4.79 Å². The minimum atomic E-state index is -3.31. The third-order valence-electron chi connectivity index (χ3n) is 1.26. The zero-order valence-electron chi connectivity index (χ0n) is 15.8. The van der Waals surface area contributed by atoms with Crippen LogP contribution in [0.15, 0.2) is 30.2 Å². The number of carbonyl (C=O) groups excluding carboxylic acids is 1. The Morgan fingerprint density at radius 2 is 2.20 bits per heavy atom. The first-order valence-corrected chi connectivity index (χ1v) is 3.88. The number of hydrogen-bond acceptors (Lipinski definition) is 2. The number of carbonyl (C=O) groups is 2. The monoisotopic (exact) mass is 215 g/mol. The molecule has 0 heterocycles. The summed E-state index contributed by atoms with van der Waals surface area (Å²) in [7, 11) is 0. The maximum absolute atomic E-state index is 11.3. The van der Waals surface area contributed by atoms with E-state index in [-0.39, 0.29) is 0 Å². The number of amides is 1. The van der Waals surface area contributed by atoms with Crippen molar-refractivity contribution in [3.63, 3.8) is 0 Å². The molecule has 4 heteroatoms. The number of carboxylic acid groups (broad SMARTS) is 1. The second kappa shape index (κ2) is 5.14. The summed E-state index contributed by atoms with van der Waals surface area (Å²) >= 11 is 0. The fourth-order valence-corrected chi connectivity index (χ4v) is 0.752. The summed E-state index contributed by atoms with van der Waals surface area (Å²) in [5, 5.41) is 10.8. The molecule has 0 radical (unpaired) electrons. The topological polar surface area (TPSA) is 66.4 Å². The highest BCUT2D eigenvalue weighted by Crippen LogP contribution is 2.03. The van der Waals surface area contributed by atoms with E-state index < -0.39 is 60.0 Å². The van der Waals surface area contributed by atoms with E-state index in [9.17, 15) is 9.59 Å². The summed E-state index contributed by atoms with van der Waals surface area (Å²) in [5.74, 6) is -3.11. The Labute approximate surface area is 99.2 Å². The van der Waals surface area contributed by atoms with Gasteiger partial charge in [-0.2, -0.15) is 0 Å². The van der Waals surface area contributed by atoms with Crippen LogP contribution in [0.1, 0.15) is 23.5 Å². The summed E-state index contributed by atoms with van der Waals surface area (Å²) in [4.78, 5) is 22.5. The molecule has 0 aliphatic carbocycles. The molecule has 0 aliphatic heterocycles. The quantitative estimate of drug-likeness (QED) is 0.781. The van der Waals surface area contributed by atoms with E-state index in [1.165, 1.54) is 0 Å². The highest BCUT2D eigenvalue weighted by Gasteiger charge is 2.18. The number of benzene rings is 1. The Hall–Kier alpha value is -1.84. The second-order valence-corrected chi connectivity index (χ2v) is 2.49. The predicted octanol–water partition coefficient (Wildman–Crippen LogP) is 0.818. The highest BCUT2D eigenvalue weighted by molar-refractivity contribution is 5.82. The third kappa shape index (κ3) is 3.81. The molecule has 4 nitrogen and oxygen atoms in total. The highest BCUT2D eigenvalue weighted by atomic mass is 16.4. The summed E-state index contributed by atoms with van der Waals surface area (Å²) in [5.41, 5.74) is -1.02. The van der Waals surface area contributed by atoms with Crippen molar-refractivity contribution in [1.82, 2.24) is 5.32 Å². The molecule has 1 atom stereocenters. The second-order valence-electron chi connectivity index (χ2n) is 2.49. The van der Waals surface area contributed by atoms with Crippen molar-refractivity contribution < 1.29 is 25.7 Å². The zero-order chi connectivity index (χ0) is 18.3. The molecule has 1 amide bonds. The van der Waals surface area contributed by atoms with Gasteiger partial charge in [0.1, 0.15) is 6.02 Å². The minimum absolute atomic E-state index is 0.787. The number of nitrogens with one attached hydrogen (secondary N) is 1. The largest absolute Gasteiger partial charge is 0.480 e. The van der Waals surface area contributed by atoms with Crippen LogP contribution in [-0.4, -0.2) is 23.0 Å². The van der Waals surface area contributed by atoms with Crippen LogP contribution >= 0.6 is 0 Å². The lowest BCUT2D eigenvalue weighted by atomic mass is 10.1. The Morgan fingerprint density at radius 1 is 1.60 bits per heavy atom. The molecule has 0 aromatic heterocycles. The first kappa shape index (κ1) is 4.35. The average Bonchev–Trinajstić information content (AvgIpc) is 2.41.